The summed E-state index contributed by atoms with van der Waals surface area (Å²) in [5.74, 6) is -1.92. The second-order valence-electron chi connectivity index (χ2n) is 11.9. The number of rotatable bonds is 12. The zero-order chi connectivity index (χ0) is 51.7. The van der Waals surface area contributed by atoms with Crippen molar-refractivity contribution in [2.45, 2.75) is 47.0 Å². The maximum atomic E-state index is 13.3. The number of likely N-dealkylation sites (N-methyl/N-ethyl adjacent to an activating group) is 1. The third-order valence-electron chi connectivity index (χ3n) is 7.59. The molecule has 0 aliphatic heterocycles. The summed E-state index contributed by atoms with van der Waals surface area (Å²) in [6.07, 6.45) is -9.71. The molecule has 2 amide bonds. The smallest absolute Gasteiger partial charge is 0.870 e. The Balaban J connectivity index is 0. The molecule has 2 atom stereocenters. The molecule has 0 bridgehead atoms. The third-order valence-corrected chi connectivity index (χ3v) is 11.1. The Labute approximate surface area is 505 Å². The molecule has 2 unspecified atom stereocenters. The number of halogens is 17. The molecule has 70 heavy (non-hydrogen) atoms. The van der Waals surface area contributed by atoms with Crippen LogP contribution in [0, 0.1) is 22.7 Å². The normalized spacial score (nSPS) is 12.2. The van der Waals surface area contributed by atoms with E-state index < -0.39 is 145 Å². The fraction of sp³-hybridized carbons (Fsp3) is 0.353. The van der Waals surface area contributed by atoms with Crippen LogP contribution in [0.15, 0.2) is 34.1 Å². The van der Waals surface area contributed by atoms with Crippen molar-refractivity contribution in [3.05, 3.63) is 66.9 Å². The van der Waals surface area contributed by atoms with Crippen molar-refractivity contribution in [1.82, 2.24) is 19.6 Å². The zero-order valence-corrected chi connectivity index (χ0v) is 48.4. The third kappa shape index (κ3) is 18.1. The molecule has 4 aromatic rings. The number of hydrogen-bond acceptors (Lipinski definition) is 11. The molecule has 0 aliphatic rings. The van der Waals surface area contributed by atoms with E-state index >= 15 is 0 Å². The number of carbonyl (C=O) groups is 2. The molecule has 0 saturated carbocycles. The number of benzene rings is 2. The molecule has 376 valence electrons. The average Bonchev–Trinajstić information content (AvgIpc) is 3.77. The van der Waals surface area contributed by atoms with E-state index in [0.717, 1.165) is 7.05 Å². The second kappa shape index (κ2) is 29.9. The van der Waals surface area contributed by atoms with Gasteiger partial charge in [-0.1, -0.05) is 62.3 Å². The summed E-state index contributed by atoms with van der Waals surface area (Å²) in [6, 6.07) is 4.33. The van der Waals surface area contributed by atoms with Gasteiger partial charge in [-0.05, 0) is 43.9 Å². The van der Waals surface area contributed by atoms with Gasteiger partial charge in [-0.2, -0.15) is 73.4 Å². The van der Waals surface area contributed by atoms with E-state index in [0.29, 0.717) is 38.5 Å². The number of amides is 2. The van der Waals surface area contributed by atoms with Gasteiger partial charge >= 0.3 is 126 Å². The Bertz CT molecular complexity index is 2580. The Morgan fingerprint density at radius 2 is 1.04 bits per heavy atom. The van der Waals surface area contributed by atoms with Gasteiger partial charge in [-0.25, -0.2) is 17.8 Å². The largest absolute Gasteiger partial charge is 1.00 e. The van der Waals surface area contributed by atoms with Gasteiger partial charge < -0.3 is 20.3 Å². The van der Waals surface area contributed by atoms with Gasteiger partial charge in [-0.15, -0.1) is 0 Å². The van der Waals surface area contributed by atoms with Crippen molar-refractivity contribution in [1.29, 1.82) is 10.5 Å². The Morgan fingerprint density at radius 3 is 1.40 bits per heavy atom. The number of hydrogen-bond donors (Lipinski definition) is 1. The molecule has 4 rings (SSSR count). The van der Waals surface area contributed by atoms with Crippen LogP contribution >= 0.6 is 62.3 Å². The monoisotopic (exact) mass is 1250 g/mol. The summed E-state index contributed by atoms with van der Waals surface area (Å²) in [4.78, 5) is 22.6. The number of nitriles is 2. The van der Waals surface area contributed by atoms with E-state index in [1.165, 1.54) is 26.0 Å². The van der Waals surface area contributed by atoms with Gasteiger partial charge in [0.25, 0.3) is 11.8 Å². The van der Waals surface area contributed by atoms with Crippen molar-refractivity contribution < 1.29 is 188 Å². The fourth-order valence-electron chi connectivity index (χ4n) is 4.87. The first-order valence-electron chi connectivity index (χ1n) is 17.1. The van der Waals surface area contributed by atoms with E-state index in [1.54, 1.807) is 0 Å². The van der Waals surface area contributed by atoms with Crippen molar-refractivity contribution >= 4 is 107 Å². The molecule has 15 nitrogen and oxygen atoms in total. The summed E-state index contributed by atoms with van der Waals surface area (Å²) < 4.78 is 192. The minimum atomic E-state index is -5.37. The van der Waals surface area contributed by atoms with Crippen LogP contribution in [-0.4, -0.2) is 95.6 Å². The predicted molar refractivity (Wildman–Crippen MR) is 223 cm³/mol. The van der Waals surface area contributed by atoms with Crippen molar-refractivity contribution in [2.24, 2.45) is 0 Å². The van der Waals surface area contributed by atoms with Gasteiger partial charge in [0.1, 0.15) is 46.5 Å². The maximum Gasteiger partial charge on any atom is 1.00 e. The molecule has 0 aliphatic carbocycles. The Kier molecular flexibility index (Phi) is 30.4. The molecule has 0 saturated heterocycles. The van der Waals surface area contributed by atoms with E-state index in [1.807, 2.05) is 11.1 Å². The average molecular weight is 1250 g/mol. The first-order chi connectivity index (χ1) is 30.9. The number of carbonyl (C=O) groups excluding carboxylic acids is 2. The first kappa shape index (κ1) is 71.1. The minimum Gasteiger partial charge on any atom is -0.870 e. The van der Waals surface area contributed by atoms with E-state index in [4.69, 9.17) is 55.9 Å². The van der Waals surface area contributed by atoms with E-state index in [9.17, 15) is 81.2 Å². The molecule has 36 heteroatoms. The Morgan fingerprint density at radius 1 is 0.700 bits per heavy atom. The molecule has 2 aromatic heterocycles. The summed E-state index contributed by atoms with van der Waals surface area (Å²) >= 11 is 26.6. The fourth-order valence-corrected chi connectivity index (χ4v) is 7.86. The quantitative estimate of drug-likeness (QED) is 0.121. The number of ether oxygens (including phenoxy) is 2. The molecular weight excluding hydrogens is 1220 g/mol. The SMILES string of the molecule is CBr.CCOCC(=O)N(C)c1c(S(=O)C(F)(F)F)c(C#N)nn1-c1c(Cl)cc(C(F)(F)F)cc1Cl.CCOCC(=O)Nc1c(S(=O)C(F)(F)F)c(C#N)nn1-c1c(Cl)cc(C(F)(F)F)cc1Cl.[K+].[K+].[OH-]. The van der Waals surface area contributed by atoms with Crippen molar-refractivity contribution in [3.63, 3.8) is 0 Å². The van der Waals surface area contributed by atoms with E-state index in [2.05, 4.69) is 26.1 Å². The van der Waals surface area contributed by atoms with Gasteiger partial charge in [0.05, 0.1) is 31.2 Å². The summed E-state index contributed by atoms with van der Waals surface area (Å²) in [5.41, 5.74) is -16.5. The molecule has 2 heterocycles. The molecule has 2 N–H and O–H groups in total. The van der Waals surface area contributed by atoms with Crippen molar-refractivity contribution in [3.8, 4) is 23.5 Å². The number of anilines is 2. The van der Waals surface area contributed by atoms with Crippen molar-refractivity contribution in [2.75, 3.05) is 49.5 Å². The van der Waals surface area contributed by atoms with E-state index in [-0.39, 0.29) is 121 Å². The van der Waals surface area contributed by atoms with Gasteiger partial charge in [0.2, 0.25) is 0 Å². The van der Waals surface area contributed by atoms with Crippen LogP contribution in [0.2, 0.25) is 20.1 Å². The van der Waals surface area contributed by atoms with Crippen LogP contribution < -0.4 is 113 Å². The summed E-state index contributed by atoms with van der Waals surface area (Å²) in [7, 11) is -6.74. The minimum absolute atomic E-state index is 0. The molecule has 0 radical (unpaired) electrons. The van der Waals surface area contributed by atoms with Crippen LogP contribution in [0.4, 0.5) is 64.3 Å². The number of nitrogens with one attached hydrogen (secondary N) is 1. The summed E-state index contributed by atoms with van der Waals surface area (Å²) in [6.45, 7) is 1.94. The second-order valence-corrected chi connectivity index (χ2v) is 16.3. The first-order valence-corrected chi connectivity index (χ1v) is 22.5. The number of alkyl halides is 13. The number of nitrogens with zero attached hydrogens (tertiary/aromatic N) is 7. The van der Waals surface area contributed by atoms with Gasteiger partial charge in [0.15, 0.2) is 44.6 Å². The van der Waals surface area contributed by atoms with Crippen LogP contribution in [0.25, 0.3) is 11.4 Å². The molecule has 0 fully saturated rings. The van der Waals surface area contributed by atoms with Crippen LogP contribution in [-0.2, 0) is 53.0 Å². The van der Waals surface area contributed by atoms with Gasteiger partial charge in [0, 0.05) is 20.3 Å². The molecule has 2 aromatic carbocycles. The van der Waals surface area contributed by atoms with Crippen LogP contribution in [0.3, 0.4) is 0 Å². The maximum absolute atomic E-state index is 13.3. The molecular formula is C34H26BrCl4F12K2N8O7S2+. The Hall–Kier alpha value is -0.967. The molecule has 0 spiro atoms. The topological polar surface area (TPSA) is 215 Å². The van der Waals surface area contributed by atoms with Crippen LogP contribution in [0.5, 0.6) is 0 Å². The zero-order valence-electron chi connectivity index (χ0n) is 35.9. The summed E-state index contributed by atoms with van der Waals surface area (Å²) in [5, 5.41) is 24.8. The van der Waals surface area contributed by atoms with Crippen LogP contribution in [0.1, 0.15) is 36.4 Å². The standard InChI is InChI=1S/C17H12Cl2F6N4O3S.C16H10Cl2F6N4O3S.CH3Br.2K.H2O/c1-3-32-7-12(30)28(2)15-14(33(31)17(23,24)25)11(6-26)27-29(15)13-9(18)4-8(5-10(13)19)16(20,21)22;1-2-31-6-11(29)26-14-13(32(30)16(22,23)24)10(5-25)27-28(14)12-8(17)3-7(4-9(12)18)15(19,20)21;1-2;;;/h4-5H,3,7H2,1-2H3;3-4H,2,6H2,1H3,(H,26,29);1H3;;;1H2/q;;;2*+1;/p-1. The van der Waals surface area contributed by atoms with Gasteiger partial charge in [-0.3, -0.25) is 14.5 Å². The number of aromatic nitrogens is 4. The predicted octanol–water partition coefficient (Wildman–Crippen LogP) is 4.21.